The van der Waals surface area contributed by atoms with E-state index in [0.717, 1.165) is 23.2 Å². The molecule has 0 radical (unpaired) electrons. The smallest absolute Gasteiger partial charge is 0.338 e. The molecule has 36 heavy (non-hydrogen) atoms. The fourth-order valence-corrected chi connectivity index (χ4v) is 7.56. The molecular formula is C26H24I2N2O4S2. The average Bonchev–Trinajstić information content (AvgIpc) is 3.12. The molecule has 4 rings (SSSR count). The summed E-state index contributed by atoms with van der Waals surface area (Å²) in [7, 11) is 1.62. The molecule has 3 aromatic rings. The van der Waals surface area contributed by atoms with Crippen molar-refractivity contribution in [2.24, 2.45) is 4.99 Å². The molecule has 0 saturated carbocycles. The lowest BCUT2D eigenvalue weighted by molar-refractivity contribution is -0.143. The summed E-state index contributed by atoms with van der Waals surface area (Å²) in [6, 6.07) is 11.3. The maximum Gasteiger partial charge on any atom is 0.338 e. The summed E-state index contributed by atoms with van der Waals surface area (Å²) >= 11 is 7.42. The highest BCUT2D eigenvalue weighted by atomic mass is 127. The van der Waals surface area contributed by atoms with E-state index >= 15 is 0 Å². The van der Waals surface area contributed by atoms with Gasteiger partial charge in [0.2, 0.25) is 0 Å². The Morgan fingerprint density at radius 1 is 1.22 bits per heavy atom. The molecule has 2 aromatic carbocycles. The maximum absolute atomic E-state index is 13.9. The van der Waals surface area contributed by atoms with Gasteiger partial charge in [-0.25, -0.2) is 9.79 Å². The van der Waals surface area contributed by atoms with Crippen molar-refractivity contribution in [3.8, 4) is 5.75 Å². The third kappa shape index (κ3) is 5.46. The monoisotopic (exact) mass is 746 g/mol. The fraction of sp³-hybridized carbons (Fsp3) is 0.269. The van der Waals surface area contributed by atoms with Crippen LogP contribution in [0.2, 0.25) is 0 Å². The van der Waals surface area contributed by atoms with E-state index < -0.39 is 12.0 Å². The van der Waals surface area contributed by atoms with Crippen molar-refractivity contribution < 1.29 is 14.3 Å². The van der Waals surface area contributed by atoms with Crippen LogP contribution in [0.3, 0.4) is 0 Å². The van der Waals surface area contributed by atoms with Crippen LogP contribution in [0.4, 0.5) is 0 Å². The summed E-state index contributed by atoms with van der Waals surface area (Å²) in [6.45, 7) is 5.41. The standard InChI is InChI=1S/C26H24I2N2O4S2/c1-13(2)34-25(32)21-14(3)29-26-30(22(21)15-6-8-18(35-5)9-7-15)24(31)20(36-26)11-16-10-17(27)12-19(28)23(16)33-4/h6-13,22H,1-5H3/b20-11-/t22-/m1/s1. The Hall–Kier alpha value is -1.64. The Morgan fingerprint density at radius 2 is 1.92 bits per heavy atom. The van der Waals surface area contributed by atoms with Crippen LogP contribution in [-0.4, -0.2) is 30.0 Å². The maximum atomic E-state index is 13.9. The molecule has 0 saturated heterocycles. The van der Waals surface area contributed by atoms with Crippen LogP contribution >= 0.6 is 68.3 Å². The summed E-state index contributed by atoms with van der Waals surface area (Å²) in [6.07, 6.45) is 3.55. The molecule has 1 aromatic heterocycles. The van der Waals surface area contributed by atoms with Gasteiger partial charge in [0.25, 0.3) is 5.56 Å². The number of carbonyl (C=O) groups excluding carboxylic acids is 1. The molecule has 0 spiro atoms. The number of fused-ring (bicyclic) bond motifs is 1. The SMILES string of the molecule is COc1c(I)cc(I)cc1/C=c1\sc2n(c1=O)[C@H](c1ccc(SC)cc1)C(C(=O)OC(C)C)=C(C)N=2. The van der Waals surface area contributed by atoms with Crippen LogP contribution in [0, 0.1) is 7.14 Å². The van der Waals surface area contributed by atoms with Crippen molar-refractivity contribution in [1.29, 1.82) is 0 Å². The molecule has 188 valence electrons. The zero-order valence-electron chi connectivity index (χ0n) is 20.3. The van der Waals surface area contributed by atoms with Gasteiger partial charge in [0, 0.05) is 14.0 Å². The number of thiazole rings is 1. The van der Waals surface area contributed by atoms with E-state index in [1.807, 2.05) is 48.7 Å². The topological polar surface area (TPSA) is 69.9 Å². The van der Waals surface area contributed by atoms with Crippen LogP contribution in [0.1, 0.15) is 37.9 Å². The second kappa shape index (κ2) is 11.4. The van der Waals surface area contributed by atoms with E-state index in [1.165, 1.54) is 11.3 Å². The van der Waals surface area contributed by atoms with Crippen molar-refractivity contribution in [2.45, 2.75) is 37.8 Å². The van der Waals surface area contributed by atoms with E-state index in [4.69, 9.17) is 9.47 Å². The van der Waals surface area contributed by atoms with Gasteiger partial charge in [0.1, 0.15) is 5.75 Å². The number of thioether (sulfide) groups is 1. The predicted molar refractivity (Wildman–Crippen MR) is 162 cm³/mol. The Labute approximate surface area is 244 Å². The summed E-state index contributed by atoms with van der Waals surface area (Å²) in [5, 5.41) is 0. The Bertz CT molecular complexity index is 1540. The number of methoxy groups -OCH3 is 1. The van der Waals surface area contributed by atoms with Crippen LogP contribution in [0.5, 0.6) is 5.75 Å². The second-order valence-electron chi connectivity index (χ2n) is 8.32. The minimum atomic E-state index is -0.636. The number of nitrogens with zero attached hydrogens (tertiary/aromatic N) is 2. The molecule has 0 bridgehead atoms. The Balaban J connectivity index is 1.97. The van der Waals surface area contributed by atoms with Crippen molar-refractivity contribution >= 4 is 80.3 Å². The molecule has 0 unspecified atom stereocenters. The first-order chi connectivity index (χ1) is 17.1. The molecule has 10 heteroatoms. The van der Waals surface area contributed by atoms with E-state index in [9.17, 15) is 9.59 Å². The molecule has 1 aliphatic rings. The zero-order valence-corrected chi connectivity index (χ0v) is 26.2. The number of allylic oxidation sites excluding steroid dienone is 1. The molecule has 1 atom stereocenters. The van der Waals surface area contributed by atoms with E-state index in [-0.39, 0.29) is 11.7 Å². The van der Waals surface area contributed by atoms with E-state index in [0.29, 0.717) is 26.4 Å². The highest BCUT2D eigenvalue weighted by molar-refractivity contribution is 14.1. The number of hydrogen-bond acceptors (Lipinski definition) is 7. The molecule has 0 N–H and O–H groups in total. The van der Waals surface area contributed by atoms with Crippen molar-refractivity contribution in [2.75, 3.05) is 13.4 Å². The number of halogens is 2. The number of esters is 1. The molecule has 0 aliphatic carbocycles. The first kappa shape index (κ1) is 27.4. The fourth-order valence-electron chi connectivity index (χ4n) is 4.01. The molecule has 6 nitrogen and oxygen atoms in total. The lowest BCUT2D eigenvalue weighted by Gasteiger charge is -2.25. The largest absolute Gasteiger partial charge is 0.495 e. The predicted octanol–water partition coefficient (Wildman–Crippen LogP) is 5.13. The van der Waals surface area contributed by atoms with Crippen molar-refractivity contribution in [3.63, 3.8) is 0 Å². The lowest BCUT2D eigenvalue weighted by Crippen LogP contribution is -2.40. The number of ether oxygens (including phenoxy) is 2. The summed E-state index contributed by atoms with van der Waals surface area (Å²) < 4.78 is 15.3. The average molecular weight is 746 g/mol. The molecule has 1 aliphatic heterocycles. The van der Waals surface area contributed by atoms with Gasteiger partial charge in [-0.3, -0.25) is 9.36 Å². The zero-order chi connectivity index (χ0) is 26.1. The van der Waals surface area contributed by atoms with Gasteiger partial charge in [0.15, 0.2) is 4.80 Å². The lowest BCUT2D eigenvalue weighted by atomic mass is 9.96. The van der Waals surface area contributed by atoms with Crippen molar-refractivity contribution in [3.05, 3.63) is 85.6 Å². The minimum Gasteiger partial charge on any atom is -0.495 e. The first-order valence-electron chi connectivity index (χ1n) is 11.0. The van der Waals surface area contributed by atoms with Gasteiger partial charge < -0.3 is 9.47 Å². The molecular weight excluding hydrogens is 722 g/mol. The van der Waals surface area contributed by atoms with Gasteiger partial charge in [0.05, 0.1) is 38.6 Å². The summed E-state index contributed by atoms with van der Waals surface area (Å²) in [4.78, 5) is 33.4. The number of aromatic nitrogens is 1. The van der Waals surface area contributed by atoms with Crippen LogP contribution in [0.25, 0.3) is 6.08 Å². The summed E-state index contributed by atoms with van der Waals surface area (Å²) in [5.74, 6) is 0.247. The Morgan fingerprint density at radius 3 is 2.53 bits per heavy atom. The minimum absolute atomic E-state index is 0.212. The number of carbonyl (C=O) groups is 1. The number of benzene rings is 2. The van der Waals surface area contributed by atoms with Gasteiger partial charge >= 0.3 is 5.97 Å². The van der Waals surface area contributed by atoms with Crippen molar-refractivity contribution in [1.82, 2.24) is 4.57 Å². The highest BCUT2D eigenvalue weighted by Crippen LogP contribution is 2.32. The van der Waals surface area contributed by atoms with Gasteiger partial charge in [-0.15, -0.1) is 11.8 Å². The third-order valence-corrected chi connectivity index (χ3v) is 8.69. The molecule has 0 amide bonds. The quantitative estimate of drug-likeness (QED) is 0.199. The van der Waals surface area contributed by atoms with Crippen LogP contribution in [0.15, 0.2) is 62.4 Å². The van der Waals surface area contributed by atoms with Gasteiger partial charge in [-0.2, -0.15) is 0 Å². The molecule has 2 heterocycles. The van der Waals surface area contributed by atoms with E-state index in [1.54, 1.807) is 44.2 Å². The number of hydrogen-bond donors (Lipinski definition) is 0. The van der Waals surface area contributed by atoms with Gasteiger partial charge in [-0.1, -0.05) is 23.5 Å². The normalized spacial score (nSPS) is 15.7. The highest BCUT2D eigenvalue weighted by Gasteiger charge is 2.33. The second-order valence-corrected chi connectivity index (χ2v) is 12.6. The van der Waals surface area contributed by atoms with Crippen LogP contribution in [-0.2, 0) is 9.53 Å². The van der Waals surface area contributed by atoms with E-state index in [2.05, 4.69) is 50.2 Å². The van der Waals surface area contributed by atoms with Crippen LogP contribution < -0.4 is 19.6 Å². The van der Waals surface area contributed by atoms with Gasteiger partial charge in [-0.05, 0) is 108 Å². The number of rotatable bonds is 6. The molecule has 0 fully saturated rings. The third-order valence-electron chi connectivity index (χ3n) is 5.54. The first-order valence-corrected chi connectivity index (χ1v) is 15.2. The Kier molecular flexibility index (Phi) is 8.67. The summed E-state index contributed by atoms with van der Waals surface area (Å²) in [5.41, 5.74) is 2.35.